The monoisotopic (exact) mass is 139 g/mol. The highest BCUT2D eigenvalue weighted by atomic mass is 14.6. The standard InChI is InChI=1S/C9H17N/c1-4-6-9(10)7-8(3)5-2/h5,7H,4,6,10H2,1-3H3/b8-5-,9-7-. The Morgan fingerprint density at radius 3 is 2.50 bits per heavy atom. The molecule has 0 amide bonds. The molecule has 0 atom stereocenters. The summed E-state index contributed by atoms with van der Waals surface area (Å²) < 4.78 is 0. The van der Waals surface area contributed by atoms with E-state index in [-0.39, 0.29) is 0 Å². The first-order valence-corrected chi connectivity index (χ1v) is 3.79. The summed E-state index contributed by atoms with van der Waals surface area (Å²) in [5.74, 6) is 0. The van der Waals surface area contributed by atoms with Crippen molar-refractivity contribution in [2.75, 3.05) is 0 Å². The highest BCUT2D eigenvalue weighted by Gasteiger charge is 1.86. The summed E-state index contributed by atoms with van der Waals surface area (Å²) in [4.78, 5) is 0. The second-order valence-corrected chi connectivity index (χ2v) is 2.50. The Morgan fingerprint density at radius 1 is 1.50 bits per heavy atom. The van der Waals surface area contributed by atoms with E-state index in [0.717, 1.165) is 18.5 Å². The predicted octanol–water partition coefficient (Wildman–Crippen LogP) is 2.60. The smallest absolute Gasteiger partial charge is 0.00829 e. The van der Waals surface area contributed by atoms with E-state index >= 15 is 0 Å². The lowest BCUT2D eigenvalue weighted by Gasteiger charge is -1.97. The Kier molecular flexibility index (Phi) is 4.73. The summed E-state index contributed by atoms with van der Waals surface area (Å²) in [5.41, 5.74) is 7.91. The predicted molar refractivity (Wildman–Crippen MR) is 46.6 cm³/mol. The molecule has 0 bridgehead atoms. The van der Waals surface area contributed by atoms with Crippen LogP contribution in [0.25, 0.3) is 0 Å². The number of rotatable bonds is 3. The molecule has 0 aliphatic carbocycles. The first-order chi connectivity index (χ1) is 4.70. The SMILES string of the molecule is C/C=C(C)\C=C(/N)CCC. The van der Waals surface area contributed by atoms with E-state index in [0.29, 0.717) is 0 Å². The van der Waals surface area contributed by atoms with Crippen molar-refractivity contribution in [1.82, 2.24) is 0 Å². The van der Waals surface area contributed by atoms with E-state index in [1.807, 2.05) is 13.0 Å². The number of hydrogen-bond donors (Lipinski definition) is 1. The minimum atomic E-state index is 0.984. The molecule has 0 fully saturated rings. The average molecular weight is 139 g/mol. The third kappa shape index (κ3) is 4.19. The van der Waals surface area contributed by atoms with Crippen molar-refractivity contribution >= 4 is 0 Å². The molecule has 0 saturated heterocycles. The number of hydrogen-bond acceptors (Lipinski definition) is 1. The van der Waals surface area contributed by atoms with Crippen LogP contribution in [0.1, 0.15) is 33.6 Å². The van der Waals surface area contributed by atoms with Crippen LogP contribution in [-0.4, -0.2) is 0 Å². The van der Waals surface area contributed by atoms with Gasteiger partial charge >= 0.3 is 0 Å². The van der Waals surface area contributed by atoms with Gasteiger partial charge in [-0.15, -0.1) is 0 Å². The maximum absolute atomic E-state index is 5.68. The molecule has 0 aliphatic heterocycles. The van der Waals surface area contributed by atoms with E-state index in [2.05, 4.69) is 19.9 Å². The molecule has 0 aliphatic rings. The molecular weight excluding hydrogens is 122 g/mol. The minimum absolute atomic E-state index is 0.984. The van der Waals surface area contributed by atoms with Gasteiger partial charge < -0.3 is 5.73 Å². The van der Waals surface area contributed by atoms with Crippen molar-refractivity contribution in [3.8, 4) is 0 Å². The molecular formula is C9H17N. The van der Waals surface area contributed by atoms with E-state index in [1.165, 1.54) is 5.57 Å². The van der Waals surface area contributed by atoms with Crippen LogP contribution in [0.5, 0.6) is 0 Å². The van der Waals surface area contributed by atoms with Crippen LogP contribution in [0, 0.1) is 0 Å². The first-order valence-electron chi connectivity index (χ1n) is 3.79. The lowest BCUT2D eigenvalue weighted by molar-refractivity contribution is 0.891. The molecule has 2 N–H and O–H groups in total. The number of nitrogens with two attached hydrogens (primary N) is 1. The zero-order valence-electron chi connectivity index (χ0n) is 7.15. The maximum Gasteiger partial charge on any atom is 0.00829 e. The van der Waals surface area contributed by atoms with Crippen molar-refractivity contribution in [2.24, 2.45) is 5.73 Å². The fraction of sp³-hybridized carbons (Fsp3) is 0.556. The third-order valence-electron chi connectivity index (χ3n) is 1.41. The van der Waals surface area contributed by atoms with Gasteiger partial charge in [-0.2, -0.15) is 0 Å². The lowest BCUT2D eigenvalue weighted by Crippen LogP contribution is -1.95. The van der Waals surface area contributed by atoms with E-state index in [9.17, 15) is 0 Å². The van der Waals surface area contributed by atoms with Gasteiger partial charge in [0.25, 0.3) is 0 Å². The van der Waals surface area contributed by atoms with Gasteiger partial charge in [-0.3, -0.25) is 0 Å². The van der Waals surface area contributed by atoms with Crippen LogP contribution in [0.15, 0.2) is 23.4 Å². The van der Waals surface area contributed by atoms with Gasteiger partial charge in [-0.05, 0) is 26.3 Å². The van der Waals surface area contributed by atoms with E-state index in [4.69, 9.17) is 5.73 Å². The molecule has 1 nitrogen and oxygen atoms in total. The normalized spacial score (nSPS) is 13.9. The van der Waals surface area contributed by atoms with Crippen LogP contribution < -0.4 is 5.73 Å². The molecule has 0 unspecified atom stereocenters. The van der Waals surface area contributed by atoms with Crippen LogP contribution >= 0.6 is 0 Å². The Morgan fingerprint density at radius 2 is 2.10 bits per heavy atom. The summed E-state index contributed by atoms with van der Waals surface area (Å²) in [5, 5.41) is 0. The van der Waals surface area contributed by atoms with Crippen molar-refractivity contribution in [3.63, 3.8) is 0 Å². The lowest BCUT2D eigenvalue weighted by atomic mass is 10.2. The van der Waals surface area contributed by atoms with E-state index in [1.54, 1.807) is 0 Å². The Balaban J connectivity index is 3.90. The molecule has 0 radical (unpaired) electrons. The van der Waals surface area contributed by atoms with Gasteiger partial charge in [-0.1, -0.05) is 25.0 Å². The Labute approximate surface area is 63.6 Å². The van der Waals surface area contributed by atoms with Crippen molar-refractivity contribution in [2.45, 2.75) is 33.6 Å². The van der Waals surface area contributed by atoms with Gasteiger partial charge in [-0.25, -0.2) is 0 Å². The van der Waals surface area contributed by atoms with Gasteiger partial charge in [0, 0.05) is 5.70 Å². The van der Waals surface area contributed by atoms with Gasteiger partial charge in [0.05, 0.1) is 0 Å². The van der Waals surface area contributed by atoms with Crippen molar-refractivity contribution < 1.29 is 0 Å². The van der Waals surface area contributed by atoms with Crippen LogP contribution in [-0.2, 0) is 0 Å². The molecule has 0 aromatic heterocycles. The fourth-order valence-corrected chi connectivity index (χ4v) is 0.737. The summed E-state index contributed by atoms with van der Waals surface area (Å²) in [7, 11) is 0. The van der Waals surface area contributed by atoms with Crippen LogP contribution in [0.3, 0.4) is 0 Å². The molecule has 10 heavy (non-hydrogen) atoms. The van der Waals surface area contributed by atoms with Gasteiger partial charge in [0.1, 0.15) is 0 Å². The molecule has 0 saturated carbocycles. The summed E-state index contributed by atoms with van der Waals surface area (Å²) in [6.07, 6.45) is 6.22. The molecule has 1 heteroatoms. The van der Waals surface area contributed by atoms with Crippen molar-refractivity contribution in [3.05, 3.63) is 23.4 Å². The second kappa shape index (κ2) is 5.10. The van der Waals surface area contributed by atoms with Crippen LogP contribution in [0.4, 0.5) is 0 Å². The molecule has 0 spiro atoms. The maximum atomic E-state index is 5.68. The fourth-order valence-electron chi connectivity index (χ4n) is 0.737. The largest absolute Gasteiger partial charge is 0.402 e. The van der Waals surface area contributed by atoms with Gasteiger partial charge in [0.2, 0.25) is 0 Å². The van der Waals surface area contributed by atoms with E-state index < -0.39 is 0 Å². The Bertz CT molecular complexity index is 143. The molecule has 0 aromatic carbocycles. The van der Waals surface area contributed by atoms with Crippen LogP contribution in [0.2, 0.25) is 0 Å². The average Bonchev–Trinajstić information content (AvgIpc) is 1.88. The molecule has 0 aromatic rings. The summed E-state index contributed by atoms with van der Waals surface area (Å²) in [6.45, 7) is 6.21. The molecule has 0 heterocycles. The highest BCUT2D eigenvalue weighted by molar-refractivity contribution is 5.19. The second-order valence-electron chi connectivity index (χ2n) is 2.50. The quantitative estimate of drug-likeness (QED) is 0.597. The number of allylic oxidation sites excluding steroid dienone is 4. The third-order valence-corrected chi connectivity index (χ3v) is 1.41. The Hall–Kier alpha value is -0.720. The minimum Gasteiger partial charge on any atom is -0.402 e. The molecule has 0 rings (SSSR count). The summed E-state index contributed by atoms with van der Waals surface area (Å²) >= 11 is 0. The zero-order valence-corrected chi connectivity index (χ0v) is 7.15. The topological polar surface area (TPSA) is 26.0 Å². The summed E-state index contributed by atoms with van der Waals surface area (Å²) in [6, 6.07) is 0. The van der Waals surface area contributed by atoms with Crippen molar-refractivity contribution in [1.29, 1.82) is 0 Å². The van der Waals surface area contributed by atoms with Gasteiger partial charge in [0.15, 0.2) is 0 Å². The highest BCUT2D eigenvalue weighted by Crippen LogP contribution is 2.02. The first kappa shape index (κ1) is 9.28. The zero-order chi connectivity index (χ0) is 7.98. The molecule has 58 valence electrons.